The lowest BCUT2D eigenvalue weighted by Gasteiger charge is -2.39. The van der Waals surface area contributed by atoms with E-state index in [1.807, 2.05) is 25.1 Å². The lowest BCUT2D eigenvalue weighted by molar-refractivity contribution is -0.131. The minimum Gasteiger partial charge on any atom is -0.508 e. The van der Waals surface area contributed by atoms with Crippen molar-refractivity contribution in [2.75, 3.05) is 13.1 Å². The van der Waals surface area contributed by atoms with Gasteiger partial charge in [0.25, 0.3) is 0 Å². The normalized spacial score (nSPS) is 17.4. The van der Waals surface area contributed by atoms with Crippen LogP contribution in [0, 0.1) is 12.8 Å². The number of aromatic hydroxyl groups is 1. The number of nitrogens with zero attached hydrogens (tertiary/aromatic N) is 1. The molecule has 0 bridgehead atoms. The maximum Gasteiger partial charge on any atom is 0.328 e. The summed E-state index contributed by atoms with van der Waals surface area (Å²) >= 11 is 0. The van der Waals surface area contributed by atoms with Gasteiger partial charge in [0.15, 0.2) is 0 Å². The first-order valence-corrected chi connectivity index (χ1v) is 9.42. The molecule has 2 N–H and O–H groups in total. The van der Waals surface area contributed by atoms with Crippen molar-refractivity contribution in [3.05, 3.63) is 70.3 Å². The molecule has 1 aliphatic heterocycles. The molecule has 0 fully saturated rings. The van der Waals surface area contributed by atoms with Crippen LogP contribution in [0.1, 0.15) is 47.7 Å². The number of carbonyl (C=O) groups is 1. The van der Waals surface area contributed by atoms with Gasteiger partial charge in [0.05, 0.1) is 6.04 Å². The fourth-order valence-electron chi connectivity index (χ4n) is 3.84. The largest absolute Gasteiger partial charge is 0.508 e. The second-order valence-corrected chi connectivity index (χ2v) is 7.72. The lowest BCUT2D eigenvalue weighted by Crippen LogP contribution is -2.38. The number of benzene rings is 2. The molecule has 3 rings (SSSR count). The molecule has 4 heteroatoms. The van der Waals surface area contributed by atoms with Crippen molar-refractivity contribution >= 4 is 12.0 Å². The molecule has 0 unspecified atom stereocenters. The number of aryl methyl sites for hydroxylation is 1. The third kappa shape index (κ3) is 4.40. The van der Waals surface area contributed by atoms with Crippen molar-refractivity contribution in [1.82, 2.24) is 4.90 Å². The van der Waals surface area contributed by atoms with Crippen molar-refractivity contribution in [3.8, 4) is 5.75 Å². The summed E-state index contributed by atoms with van der Waals surface area (Å²) in [5.41, 5.74) is 5.42. The van der Waals surface area contributed by atoms with Gasteiger partial charge in [-0.25, -0.2) is 4.79 Å². The highest BCUT2D eigenvalue weighted by Crippen LogP contribution is 2.38. The highest BCUT2D eigenvalue weighted by molar-refractivity contribution is 5.85. The van der Waals surface area contributed by atoms with Crippen LogP contribution in [0.2, 0.25) is 0 Å². The zero-order valence-corrected chi connectivity index (χ0v) is 16.1. The van der Waals surface area contributed by atoms with Gasteiger partial charge in [-0.2, -0.15) is 0 Å². The Morgan fingerprint density at radius 3 is 2.59 bits per heavy atom. The monoisotopic (exact) mass is 365 g/mol. The first-order valence-electron chi connectivity index (χ1n) is 9.42. The van der Waals surface area contributed by atoms with Gasteiger partial charge in [-0.15, -0.1) is 0 Å². The van der Waals surface area contributed by atoms with Crippen LogP contribution in [-0.2, 0) is 11.2 Å². The number of phenolic OH excluding ortho intramolecular Hbond substituents is 1. The van der Waals surface area contributed by atoms with Crippen molar-refractivity contribution in [3.63, 3.8) is 0 Å². The van der Waals surface area contributed by atoms with Crippen molar-refractivity contribution in [1.29, 1.82) is 0 Å². The van der Waals surface area contributed by atoms with E-state index in [1.54, 1.807) is 6.08 Å². The fraction of sp³-hybridized carbons (Fsp3) is 0.348. The van der Waals surface area contributed by atoms with Crippen LogP contribution in [0.5, 0.6) is 5.75 Å². The topological polar surface area (TPSA) is 60.8 Å². The Hall–Kier alpha value is -2.59. The molecule has 0 saturated heterocycles. The van der Waals surface area contributed by atoms with E-state index < -0.39 is 5.97 Å². The summed E-state index contributed by atoms with van der Waals surface area (Å²) < 4.78 is 0. The van der Waals surface area contributed by atoms with Crippen LogP contribution in [0.3, 0.4) is 0 Å². The number of hydrogen-bond acceptors (Lipinski definition) is 3. The number of aliphatic carboxylic acids is 1. The van der Waals surface area contributed by atoms with E-state index in [4.69, 9.17) is 5.11 Å². The Bertz CT molecular complexity index is 853. The van der Waals surface area contributed by atoms with E-state index in [1.165, 1.54) is 16.7 Å². The van der Waals surface area contributed by atoms with Crippen LogP contribution in [-0.4, -0.2) is 34.2 Å². The molecule has 2 aromatic carbocycles. The van der Waals surface area contributed by atoms with Crippen LogP contribution in [0.4, 0.5) is 0 Å². The van der Waals surface area contributed by atoms with Crippen molar-refractivity contribution in [2.45, 2.75) is 33.2 Å². The summed E-state index contributed by atoms with van der Waals surface area (Å²) in [6.07, 6.45) is 3.70. The van der Waals surface area contributed by atoms with Crippen LogP contribution >= 0.6 is 0 Å². The summed E-state index contributed by atoms with van der Waals surface area (Å²) in [5, 5.41) is 18.9. The maximum atomic E-state index is 10.7. The maximum absolute atomic E-state index is 10.7. The predicted octanol–water partition coefficient (Wildman–Crippen LogP) is 4.40. The third-order valence-electron chi connectivity index (χ3n) is 5.06. The quantitative estimate of drug-likeness (QED) is 0.771. The highest BCUT2D eigenvalue weighted by Gasteiger charge is 2.29. The summed E-state index contributed by atoms with van der Waals surface area (Å²) in [4.78, 5) is 13.2. The van der Waals surface area contributed by atoms with Gasteiger partial charge in [0.1, 0.15) is 5.75 Å². The van der Waals surface area contributed by atoms with Gasteiger partial charge in [0.2, 0.25) is 0 Å². The van der Waals surface area contributed by atoms with Gasteiger partial charge >= 0.3 is 5.97 Å². The Morgan fingerprint density at radius 1 is 1.26 bits per heavy atom. The number of rotatable bonds is 5. The molecule has 0 aliphatic carbocycles. The number of carboxylic acid groups (broad SMARTS) is 1. The number of fused-ring (bicyclic) bond motifs is 1. The number of carboxylic acids is 1. The minimum absolute atomic E-state index is 0.146. The van der Waals surface area contributed by atoms with Gasteiger partial charge in [-0.3, -0.25) is 4.90 Å². The van der Waals surface area contributed by atoms with E-state index in [0.29, 0.717) is 11.7 Å². The average molecular weight is 365 g/mol. The second-order valence-electron chi connectivity index (χ2n) is 7.72. The van der Waals surface area contributed by atoms with Gasteiger partial charge < -0.3 is 10.2 Å². The fourth-order valence-corrected chi connectivity index (χ4v) is 3.84. The van der Waals surface area contributed by atoms with Crippen molar-refractivity contribution in [2.24, 2.45) is 5.92 Å². The molecule has 1 aliphatic rings. The summed E-state index contributed by atoms with van der Waals surface area (Å²) in [6, 6.07) is 12.3. The Labute approximate surface area is 160 Å². The van der Waals surface area contributed by atoms with Crippen molar-refractivity contribution < 1.29 is 15.0 Å². The zero-order valence-electron chi connectivity index (χ0n) is 16.1. The van der Waals surface area contributed by atoms with E-state index in [0.717, 1.165) is 36.7 Å². The molecular formula is C23H27NO3. The Balaban J connectivity index is 2.01. The molecule has 0 saturated carbocycles. The Morgan fingerprint density at radius 2 is 1.96 bits per heavy atom. The first-order chi connectivity index (χ1) is 12.8. The molecule has 0 spiro atoms. The molecule has 0 amide bonds. The average Bonchev–Trinajstić information content (AvgIpc) is 2.61. The summed E-state index contributed by atoms with van der Waals surface area (Å²) in [7, 11) is 0. The zero-order chi connectivity index (χ0) is 19.6. The summed E-state index contributed by atoms with van der Waals surface area (Å²) in [6.45, 7) is 8.36. The van der Waals surface area contributed by atoms with E-state index in [2.05, 4.69) is 36.9 Å². The van der Waals surface area contributed by atoms with Gasteiger partial charge in [-0.1, -0.05) is 44.2 Å². The highest BCUT2D eigenvalue weighted by atomic mass is 16.4. The second kappa shape index (κ2) is 7.97. The molecule has 0 radical (unpaired) electrons. The predicted molar refractivity (Wildman–Crippen MR) is 108 cm³/mol. The SMILES string of the molecule is Cc1cc2c(cc1O)CCN(CC(C)C)[C@@H]2c1ccc(/C=C/C(=O)O)cc1. The first kappa shape index (κ1) is 19.2. The van der Waals surface area contributed by atoms with Crippen LogP contribution < -0.4 is 0 Å². The molecule has 4 nitrogen and oxygen atoms in total. The molecular weight excluding hydrogens is 338 g/mol. The Kier molecular flexibility index (Phi) is 5.66. The molecule has 27 heavy (non-hydrogen) atoms. The van der Waals surface area contributed by atoms with Crippen LogP contribution in [0.15, 0.2) is 42.5 Å². The molecule has 142 valence electrons. The number of phenols is 1. The van der Waals surface area contributed by atoms with Gasteiger partial charge in [0, 0.05) is 19.2 Å². The summed E-state index contributed by atoms with van der Waals surface area (Å²) in [5.74, 6) is -0.0253. The van der Waals surface area contributed by atoms with Gasteiger partial charge in [-0.05, 0) is 59.2 Å². The molecule has 0 aromatic heterocycles. The standard InChI is InChI=1S/C23H27NO3/c1-15(2)14-24-11-10-19-13-21(25)16(3)12-20(19)23(24)18-7-4-17(5-8-18)6-9-22(26)27/h4-9,12-13,15,23,25H,10-11,14H2,1-3H3,(H,26,27)/b9-6+/t23-/m1/s1. The van der Waals surface area contributed by atoms with E-state index >= 15 is 0 Å². The minimum atomic E-state index is -0.946. The molecule has 1 atom stereocenters. The molecule has 1 heterocycles. The van der Waals surface area contributed by atoms with Crippen LogP contribution in [0.25, 0.3) is 6.08 Å². The van der Waals surface area contributed by atoms with E-state index in [9.17, 15) is 9.90 Å². The molecule has 2 aromatic rings. The smallest absolute Gasteiger partial charge is 0.328 e. The number of hydrogen-bond donors (Lipinski definition) is 2. The lowest BCUT2D eigenvalue weighted by atomic mass is 9.86. The third-order valence-corrected chi connectivity index (χ3v) is 5.06. The van der Waals surface area contributed by atoms with E-state index in [-0.39, 0.29) is 6.04 Å².